The van der Waals surface area contributed by atoms with Gasteiger partial charge in [0.15, 0.2) is 0 Å². The summed E-state index contributed by atoms with van der Waals surface area (Å²) < 4.78 is 5.32. The lowest BCUT2D eigenvalue weighted by atomic mass is 10.2. The number of rotatable bonds is 7. The van der Waals surface area contributed by atoms with E-state index in [0.29, 0.717) is 30.9 Å². The van der Waals surface area contributed by atoms with Crippen molar-refractivity contribution in [1.29, 1.82) is 5.26 Å². The van der Waals surface area contributed by atoms with Crippen LogP contribution in [0.3, 0.4) is 0 Å². The summed E-state index contributed by atoms with van der Waals surface area (Å²) in [4.78, 5) is 11.5. The Hall–Kier alpha value is -1.86. The Morgan fingerprint density at radius 3 is 2.67 bits per heavy atom. The van der Waals surface area contributed by atoms with E-state index < -0.39 is 0 Å². The number of hydrogen-bond acceptors (Lipinski definition) is 3. The molecule has 0 atom stereocenters. The first-order valence-electron chi connectivity index (χ1n) is 6.14. The van der Waals surface area contributed by atoms with E-state index in [1.165, 1.54) is 0 Å². The molecular formula is C14H18N2O2. The van der Waals surface area contributed by atoms with Gasteiger partial charge in [-0.15, -0.1) is 0 Å². The van der Waals surface area contributed by atoms with Crippen LogP contribution in [-0.2, 0) is 9.53 Å². The van der Waals surface area contributed by atoms with Crippen LogP contribution in [0.15, 0.2) is 24.3 Å². The van der Waals surface area contributed by atoms with Crippen molar-refractivity contribution in [2.45, 2.75) is 26.2 Å². The average Bonchev–Trinajstić information content (AvgIpc) is 2.39. The molecule has 0 aliphatic rings. The van der Waals surface area contributed by atoms with Crippen LogP contribution >= 0.6 is 0 Å². The number of ether oxygens (including phenoxy) is 1. The van der Waals surface area contributed by atoms with Crippen molar-refractivity contribution in [3.05, 3.63) is 29.8 Å². The molecule has 4 heteroatoms. The molecule has 18 heavy (non-hydrogen) atoms. The molecule has 0 saturated carbocycles. The lowest BCUT2D eigenvalue weighted by molar-refractivity contribution is -0.117. The average molecular weight is 246 g/mol. The Morgan fingerprint density at radius 2 is 2.06 bits per heavy atom. The second kappa shape index (κ2) is 8.26. The fraction of sp³-hybridized carbons (Fsp3) is 0.429. The molecule has 0 unspecified atom stereocenters. The number of anilines is 1. The quantitative estimate of drug-likeness (QED) is 0.752. The van der Waals surface area contributed by atoms with E-state index in [1.54, 1.807) is 24.3 Å². The van der Waals surface area contributed by atoms with Crippen molar-refractivity contribution in [2.24, 2.45) is 0 Å². The minimum Gasteiger partial charge on any atom is -0.381 e. The second-order valence-electron chi connectivity index (χ2n) is 3.95. The number of carbonyl (C=O) groups excluding carboxylic acids is 1. The number of carbonyl (C=O) groups is 1. The molecule has 0 saturated heterocycles. The zero-order valence-electron chi connectivity index (χ0n) is 10.6. The van der Waals surface area contributed by atoms with Gasteiger partial charge < -0.3 is 10.1 Å². The molecule has 0 radical (unpaired) electrons. The molecule has 4 nitrogen and oxygen atoms in total. The van der Waals surface area contributed by atoms with Crippen LogP contribution in [0.5, 0.6) is 0 Å². The first kappa shape index (κ1) is 14.2. The summed E-state index contributed by atoms with van der Waals surface area (Å²) in [5.41, 5.74) is 1.28. The highest BCUT2D eigenvalue weighted by atomic mass is 16.5. The van der Waals surface area contributed by atoms with Crippen LogP contribution < -0.4 is 5.32 Å². The van der Waals surface area contributed by atoms with Gasteiger partial charge in [0.2, 0.25) is 5.91 Å². The predicted octanol–water partition coefficient (Wildman–Crippen LogP) is 2.70. The third-order valence-electron chi connectivity index (χ3n) is 2.41. The summed E-state index contributed by atoms with van der Waals surface area (Å²) in [5, 5.41) is 11.4. The van der Waals surface area contributed by atoms with E-state index >= 15 is 0 Å². The lowest BCUT2D eigenvalue weighted by Crippen LogP contribution is -2.14. The normalized spacial score (nSPS) is 9.78. The number of hydrogen-bond donors (Lipinski definition) is 1. The molecule has 1 aromatic carbocycles. The summed E-state index contributed by atoms with van der Waals surface area (Å²) in [6, 6.07) is 8.81. The smallest absolute Gasteiger partial charge is 0.226 e. The monoisotopic (exact) mass is 246 g/mol. The van der Waals surface area contributed by atoms with Crippen molar-refractivity contribution in [3.8, 4) is 6.07 Å². The lowest BCUT2D eigenvalue weighted by Gasteiger charge is -2.05. The van der Waals surface area contributed by atoms with E-state index in [9.17, 15) is 4.79 Å². The Bertz CT molecular complexity index is 407. The highest BCUT2D eigenvalue weighted by molar-refractivity contribution is 5.90. The number of nitriles is 1. The number of unbranched alkanes of at least 4 members (excludes halogenated alkanes) is 1. The van der Waals surface area contributed by atoms with Crippen molar-refractivity contribution < 1.29 is 9.53 Å². The maximum atomic E-state index is 11.5. The van der Waals surface area contributed by atoms with Gasteiger partial charge in [-0.25, -0.2) is 0 Å². The minimum absolute atomic E-state index is 0.0730. The fourth-order valence-electron chi connectivity index (χ4n) is 1.36. The summed E-state index contributed by atoms with van der Waals surface area (Å²) in [5.74, 6) is -0.0730. The Labute approximate surface area is 108 Å². The summed E-state index contributed by atoms with van der Waals surface area (Å²) in [6.07, 6.45) is 2.47. The fourth-order valence-corrected chi connectivity index (χ4v) is 1.36. The molecule has 0 bridgehead atoms. The van der Waals surface area contributed by atoms with Gasteiger partial charge in [0.25, 0.3) is 0 Å². The van der Waals surface area contributed by atoms with Crippen molar-refractivity contribution in [1.82, 2.24) is 0 Å². The van der Waals surface area contributed by atoms with E-state index in [0.717, 1.165) is 12.8 Å². The molecule has 1 aromatic rings. The van der Waals surface area contributed by atoms with Crippen molar-refractivity contribution in [3.63, 3.8) is 0 Å². The van der Waals surface area contributed by atoms with Crippen LogP contribution in [0.1, 0.15) is 31.7 Å². The molecular weight excluding hydrogens is 228 g/mol. The van der Waals surface area contributed by atoms with Gasteiger partial charge in [0.1, 0.15) is 0 Å². The topological polar surface area (TPSA) is 62.1 Å². The molecule has 1 N–H and O–H groups in total. The van der Waals surface area contributed by atoms with E-state index in [4.69, 9.17) is 10.00 Å². The molecule has 1 rings (SSSR count). The van der Waals surface area contributed by atoms with Crippen molar-refractivity contribution in [2.75, 3.05) is 18.5 Å². The zero-order valence-corrected chi connectivity index (χ0v) is 10.6. The van der Waals surface area contributed by atoms with Gasteiger partial charge in [0.05, 0.1) is 24.7 Å². The minimum atomic E-state index is -0.0730. The van der Waals surface area contributed by atoms with Crippen LogP contribution in [0.25, 0.3) is 0 Å². The molecule has 0 spiro atoms. The standard InChI is InChI=1S/C14H18N2O2/c1-2-3-9-18-10-8-14(17)16-13-6-4-12(11-15)5-7-13/h4-7H,2-3,8-10H2,1H3,(H,16,17). The number of nitrogens with zero attached hydrogens (tertiary/aromatic N) is 1. The van der Waals surface area contributed by atoms with Gasteiger partial charge in [-0.2, -0.15) is 5.26 Å². The second-order valence-corrected chi connectivity index (χ2v) is 3.95. The van der Waals surface area contributed by atoms with Crippen LogP contribution in [0.2, 0.25) is 0 Å². The molecule has 0 heterocycles. The Kier molecular flexibility index (Phi) is 6.52. The van der Waals surface area contributed by atoms with Gasteiger partial charge in [0, 0.05) is 12.3 Å². The van der Waals surface area contributed by atoms with E-state index in [-0.39, 0.29) is 5.91 Å². The van der Waals surface area contributed by atoms with Crippen LogP contribution in [-0.4, -0.2) is 19.1 Å². The summed E-state index contributed by atoms with van der Waals surface area (Å²) in [6.45, 7) is 3.25. The van der Waals surface area contributed by atoms with Crippen molar-refractivity contribution >= 4 is 11.6 Å². The van der Waals surface area contributed by atoms with Gasteiger partial charge >= 0.3 is 0 Å². The molecule has 0 fully saturated rings. The van der Waals surface area contributed by atoms with E-state index in [1.807, 2.05) is 6.07 Å². The maximum Gasteiger partial charge on any atom is 0.226 e. The Morgan fingerprint density at radius 1 is 1.33 bits per heavy atom. The molecule has 96 valence electrons. The van der Waals surface area contributed by atoms with Crippen LogP contribution in [0, 0.1) is 11.3 Å². The number of benzene rings is 1. The third kappa shape index (κ3) is 5.46. The van der Waals surface area contributed by atoms with Gasteiger partial charge in [-0.05, 0) is 30.7 Å². The maximum absolute atomic E-state index is 11.5. The predicted molar refractivity (Wildman–Crippen MR) is 70.1 cm³/mol. The third-order valence-corrected chi connectivity index (χ3v) is 2.41. The largest absolute Gasteiger partial charge is 0.381 e. The van der Waals surface area contributed by atoms with Gasteiger partial charge in [-0.1, -0.05) is 13.3 Å². The van der Waals surface area contributed by atoms with E-state index in [2.05, 4.69) is 12.2 Å². The Balaban J connectivity index is 2.25. The molecule has 0 aromatic heterocycles. The van der Waals surface area contributed by atoms with Gasteiger partial charge in [-0.3, -0.25) is 4.79 Å². The zero-order chi connectivity index (χ0) is 13.2. The number of amides is 1. The molecule has 0 aliphatic heterocycles. The molecule has 0 aliphatic carbocycles. The first-order valence-corrected chi connectivity index (χ1v) is 6.14. The SMILES string of the molecule is CCCCOCCC(=O)Nc1ccc(C#N)cc1. The highest BCUT2D eigenvalue weighted by Gasteiger charge is 2.02. The molecule has 1 amide bonds. The van der Waals surface area contributed by atoms with Crippen LogP contribution in [0.4, 0.5) is 5.69 Å². The summed E-state index contributed by atoms with van der Waals surface area (Å²) >= 11 is 0. The highest BCUT2D eigenvalue weighted by Crippen LogP contribution is 2.08. The first-order chi connectivity index (χ1) is 8.76. The summed E-state index contributed by atoms with van der Waals surface area (Å²) in [7, 11) is 0. The number of nitrogens with one attached hydrogen (secondary N) is 1.